The molecule has 0 radical (unpaired) electrons. The third kappa shape index (κ3) is 4.50. The summed E-state index contributed by atoms with van der Waals surface area (Å²) in [5, 5.41) is 2.51. The number of para-hydroxylation sites is 3. The van der Waals surface area contributed by atoms with E-state index in [1.165, 1.54) is 83.1 Å². The Morgan fingerprint density at radius 1 is 0.393 bits per heavy atom. The number of fused-ring (bicyclic) bond motifs is 9. The van der Waals surface area contributed by atoms with Crippen molar-refractivity contribution in [2.75, 3.05) is 4.90 Å². The van der Waals surface area contributed by atoms with E-state index in [2.05, 4.69) is 219 Å². The van der Waals surface area contributed by atoms with Gasteiger partial charge in [-0.25, -0.2) is 0 Å². The van der Waals surface area contributed by atoms with Crippen LogP contribution in [0.25, 0.3) is 60.9 Å². The number of rotatable bonds is 5. The van der Waals surface area contributed by atoms with Gasteiger partial charge in [-0.2, -0.15) is 0 Å². The molecule has 8 aromatic carbocycles. The second-order valence-electron chi connectivity index (χ2n) is 16.5. The average Bonchev–Trinajstić information content (AvgIpc) is 3.79. The van der Waals surface area contributed by atoms with Gasteiger partial charge in [0, 0.05) is 44.1 Å². The van der Waals surface area contributed by atoms with Crippen LogP contribution in [0.1, 0.15) is 49.9 Å². The third-order valence-corrected chi connectivity index (χ3v) is 12.8. The summed E-state index contributed by atoms with van der Waals surface area (Å²) < 4.78 is 2.41. The molecule has 0 N–H and O–H groups in total. The largest absolute Gasteiger partial charge is 0.309 e. The van der Waals surface area contributed by atoms with Crippen molar-refractivity contribution in [3.8, 4) is 39.1 Å². The molecule has 56 heavy (non-hydrogen) atoms. The molecule has 2 aliphatic carbocycles. The van der Waals surface area contributed by atoms with Gasteiger partial charge in [-0.1, -0.05) is 161 Å². The van der Waals surface area contributed by atoms with Gasteiger partial charge >= 0.3 is 0 Å². The summed E-state index contributed by atoms with van der Waals surface area (Å²) in [7, 11) is 0. The lowest BCUT2D eigenvalue weighted by atomic mass is 9.82. The molecule has 1 aromatic heterocycles. The number of hydrogen-bond donors (Lipinski definition) is 0. The molecule has 0 spiro atoms. The van der Waals surface area contributed by atoms with Crippen molar-refractivity contribution in [2.45, 2.75) is 38.5 Å². The standard InChI is InChI=1S/C54H42N2/c1-53(2)44-26-13-9-22-41(44)52-45(53)27-17-31-50(52)56(36-32-33-38-37-20-8-12-25-43(37)54(3,4)46(38)34-36)47-28-14-10-21-39(47)40-24-16-30-49-51(40)42-23-11-15-29-48(42)55(49)35-18-6-5-7-19-35/h5-34H,1-4H3. The van der Waals surface area contributed by atoms with Crippen LogP contribution in [0.15, 0.2) is 182 Å². The zero-order valence-corrected chi connectivity index (χ0v) is 32.2. The maximum atomic E-state index is 2.56. The van der Waals surface area contributed by atoms with E-state index in [4.69, 9.17) is 0 Å². The van der Waals surface area contributed by atoms with E-state index in [0.717, 1.165) is 17.1 Å². The highest BCUT2D eigenvalue weighted by molar-refractivity contribution is 6.17. The highest BCUT2D eigenvalue weighted by atomic mass is 15.1. The molecule has 2 aliphatic rings. The SMILES string of the molecule is CC1(C)c2ccccc2-c2ccc(N(c3ccccc3-c3cccc4c3c3ccccc3n4-c3ccccc3)c3cccc4c3-c3ccccc3C4(C)C)cc21. The van der Waals surface area contributed by atoms with Crippen LogP contribution < -0.4 is 4.90 Å². The van der Waals surface area contributed by atoms with Crippen molar-refractivity contribution in [2.24, 2.45) is 0 Å². The van der Waals surface area contributed by atoms with Crippen LogP contribution in [-0.2, 0) is 10.8 Å². The number of nitrogens with zero attached hydrogens (tertiary/aromatic N) is 2. The van der Waals surface area contributed by atoms with Crippen LogP contribution in [0.4, 0.5) is 17.1 Å². The van der Waals surface area contributed by atoms with Crippen molar-refractivity contribution in [3.63, 3.8) is 0 Å². The topological polar surface area (TPSA) is 8.17 Å². The van der Waals surface area contributed by atoms with E-state index in [9.17, 15) is 0 Å². The number of anilines is 3. The van der Waals surface area contributed by atoms with Gasteiger partial charge in [0.05, 0.1) is 22.4 Å². The molecular weight excluding hydrogens is 677 g/mol. The number of benzene rings is 8. The predicted molar refractivity (Wildman–Crippen MR) is 236 cm³/mol. The molecule has 0 aliphatic heterocycles. The Morgan fingerprint density at radius 3 is 1.77 bits per heavy atom. The lowest BCUT2D eigenvalue weighted by Crippen LogP contribution is -2.18. The molecule has 0 saturated carbocycles. The van der Waals surface area contributed by atoms with Crippen molar-refractivity contribution in [1.82, 2.24) is 4.57 Å². The third-order valence-electron chi connectivity index (χ3n) is 12.8. The van der Waals surface area contributed by atoms with Crippen LogP contribution >= 0.6 is 0 Å². The first kappa shape index (κ1) is 32.8. The fourth-order valence-electron chi connectivity index (χ4n) is 10.2. The van der Waals surface area contributed by atoms with Crippen molar-refractivity contribution >= 4 is 38.9 Å². The molecule has 0 amide bonds. The highest BCUT2D eigenvalue weighted by Crippen LogP contribution is 2.56. The molecule has 11 rings (SSSR count). The fraction of sp³-hybridized carbons (Fsp3) is 0.111. The summed E-state index contributed by atoms with van der Waals surface area (Å²) in [6.45, 7) is 9.50. The Balaban J connectivity index is 1.21. The summed E-state index contributed by atoms with van der Waals surface area (Å²) in [4.78, 5) is 2.56. The first-order chi connectivity index (χ1) is 27.3. The Labute approximate surface area is 328 Å². The molecule has 0 fully saturated rings. The Bertz CT molecular complexity index is 3030. The molecule has 0 atom stereocenters. The van der Waals surface area contributed by atoms with Gasteiger partial charge in [-0.05, 0) is 93.0 Å². The minimum absolute atomic E-state index is 0.125. The maximum absolute atomic E-state index is 2.56. The quantitative estimate of drug-likeness (QED) is 0.172. The van der Waals surface area contributed by atoms with Crippen LogP contribution in [0, 0.1) is 0 Å². The second kappa shape index (κ2) is 11.9. The summed E-state index contributed by atoms with van der Waals surface area (Å²) in [5.74, 6) is 0. The van der Waals surface area contributed by atoms with Crippen LogP contribution in [0.5, 0.6) is 0 Å². The highest BCUT2D eigenvalue weighted by Gasteiger charge is 2.39. The smallest absolute Gasteiger partial charge is 0.0547 e. The van der Waals surface area contributed by atoms with Gasteiger partial charge in [0.2, 0.25) is 0 Å². The first-order valence-electron chi connectivity index (χ1n) is 19.8. The van der Waals surface area contributed by atoms with E-state index < -0.39 is 0 Å². The van der Waals surface area contributed by atoms with Crippen molar-refractivity contribution < 1.29 is 0 Å². The van der Waals surface area contributed by atoms with E-state index in [0.29, 0.717) is 0 Å². The van der Waals surface area contributed by atoms with Gasteiger partial charge in [0.15, 0.2) is 0 Å². The molecule has 2 nitrogen and oxygen atoms in total. The summed E-state index contributed by atoms with van der Waals surface area (Å²) in [6, 6.07) is 67.5. The predicted octanol–water partition coefficient (Wildman–Crippen LogP) is 14.5. The lowest BCUT2D eigenvalue weighted by Gasteiger charge is -2.32. The molecule has 0 bridgehead atoms. The van der Waals surface area contributed by atoms with Gasteiger partial charge in [0.25, 0.3) is 0 Å². The van der Waals surface area contributed by atoms with E-state index in [1.54, 1.807) is 0 Å². The Hall–Kier alpha value is -6.64. The number of aromatic nitrogens is 1. The Morgan fingerprint density at radius 2 is 0.946 bits per heavy atom. The molecule has 9 aromatic rings. The van der Waals surface area contributed by atoms with E-state index >= 15 is 0 Å². The summed E-state index contributed by atoms with van der Waals surface area (Å²) >= 11 is 0. The minimum Gasteiger partial charge on any atom is -0.309 e. The molecular formula is C54H42N2. The lowest BCUT2D eigenvalue weighted by molar-refractivity contribution is 0.660. The molecule has 2 heteroatoms. The van der Waals surface area contributed by atoms with Crippen LogP contribution in [0.3, 0.4) is 0 Å². The fourth-order valence-corrected chi connectivity index (χ4v) is 10.2. The zero-order valence-electron chi connectivity index (χ0n) is 32.2. The molecule has 0 unspecified atom stereocenters. The van der Waals surface area contributed by atoms with Crippen LogP contribution in [-0.4, -0.2) is 4.57 Å². The van der Waals surface area contributed by atoms with Gasteiger partial charge in [-0.3, -0.25) is 0 Å². The van der Waals surface area contributed by atoms with Crippen molar-refractivity contribution in [3.05, 3.63) is 204 Å². The van der Waals surface area contributed by atoms with Gasteiger partial charge in [0.1, 0.15) is 0 Å². The first-order valence-corrected chi connectivity index (χ1v) is 19.8. The molecule has 0 saturated heterocycles. The van der Waals surface area contributed by atoms with E-state index in [1.807, 2.05) is 0 Å². The van der Waals surface area contributed by atoms with E-state index in [-0.39, 0.29) is 10.8 Å². The monoisotopic (exact) mass is 718 g/mol. The minimum atomic E-state index is -0.134. The van der Waals surface area contributed by atoms with Crippen molar-refractivity contribution in [1.29, 1.82) is 0 Å². The zero-order chi connectivity index (χ0) is 37.8. The van der Waals surface area contributed by atoms with Crippen LogP contribution in [0.2, 0.25) is 0 Å². The average molecular weight is 719 g/mol. The summed E-state index contributed by atoms with van der Waals surface area (Å²) in [6.07, 6.45) is 0. The molecule has 268 valence electrons. The van der Waals surface area contributed by atoms with Gasteiger partial charge in [-0.15, -0.1) is 0 Å². The normalized spacial score (nSPS) is 14.4. The summed E-state index contributed by atoms with van der Waals surface area (Å²) in [5.41, 5.74) is 20.0. The second-order valence-corrected chi connectivity index (χ2v) is 16.5. The maximum Gasteiger partial charge on any atom is 0.0547 e. The Kier molecular flexibility index (Phi) is 6.98. The molecule has 1 heterocycles. The number of hydrogen-bond acceptors (Lipinski definition) is 1. The van der Waals surface area contributed by atoms with Gasteiger partial charge < -0.3 is 9.47 Å².